The summed E-state index contributed by atoms with van der Waals surface area (Å²) in [6.07, 6.45) is 2.29. The van der Waals surface area contributed by atoms with Crippen LogP contribution in [0.4, 0.5) is 34.1 Å². The molecular formula is C56H61BN2. The van der Waals surface area contributed by atoms with Crippen molar-refractivity contribution in [2.75, 3.05) is 9.80 Å². The Morgan fingerprint density at radius 3 is 1.71 bits per heavy atom. The molecule has 59 heavy (non-hydrogen) atoms. The number of nitrogens with zero attached hydrogens (tertiary/aromatic N) is 2. The molecule has 6 aromatic rings. The standard InChI is InChI=1S/C56H61BN2/c1-34-25-49-51-50(26-34)59(46-24-19-37(27-35(46)2)36-17-15-14-16-18-36)47-28-38(52(3,4)5)20-23-44(47)57(51)45-30-42-43(56(12,13)33-55(42,10)11)31-48(45)58(49)39-21-22-40-41(29-39)54(8,9)32-53(40,6)7/h14-31H,32-33H2,1-13H3. The number of hydrogen-bond acceptors (Lipinski definition) is 2. The van der Waals surface area contributed by atoms with Crippen molar-refractivity contribution in [1.82, 2.24) is 0 Å². The van der Waals surface area contributed by atoms with Crippen molar-refractivity contribution >= 4 is 57.2 Å². The van der Waals surface area contributed by atoms with Crippen molar-refractivity contribution in [2.24, 2.45) is 0 Å². The minimum Gasteiger partial charge on any atom is -0.311 e. The maximum absolute atomic E-state index is 2.67. The van der Waals surface area contributed by atoms with Gasteiger partial charge < -0.3 is 9.80 Å². The van der Waals surface area contributed by atoms with Gasteiger partial charge in [0, 0.05) is 34.1 Å². The van der Waals surface area contributed by atoms with Gasteiger partial charge in [0.1, 0.15) is 0 Å². The zero-order valence-electron chi connectivity index (χ0n) is 37.8. The first-order valence-electron chi connectivity index (χ1n) is 22.1. The fraction of sp³-hybridized carbons (Fsp3) is 0.357. The van der Waals surface area contributed by atoms with Gasteiger partial charge in [0.2, 0.25) is 0 Å². The molecule has 2 aliphatic heterocycles. The Morgan fingerprint density at radius 1 is 0.475 bits per heavy atom. The summed E-state index contributed by atoms with van der Waals surface area (Å²) in [4.78, 5) is 5.29. The van der Waals surface area contributed by atoms with E-state index in [9.17, 15) is 0 Å². The summed E-state index contributed by atoms with van der Waals surface area (Å²) in [5, 5.41) is 0. The zero-order chi connectivity index (χ0) is 41.8. The van der Waals surface area contributed by atoms with Gasteiger partial charge in [-0.1, -0.05) is 137 Å². The fourth-order valence-electron chi connectivity index (χ4n) is 12.4. The summed E-state index contributed by atoms with van der Waals surface area (Å²) >= 11 is 0. The Labute approximate surface area is 354 Å². The van der Waals surface area contributed by atoms with Crippen molar-refractivity contribution in [2.45, 2.75) is 130 Å². The van der Waals surface area contributed by atoms with Crippen LogP contribution in [-0.2, 0) is 27.1 Å². The third-order valence-electron chi connectivity index (χ3n) is 14.7. The van der Waals surface area contributed by atoms with Crippen molar-refractivity contribution in [3.8, 4) is 11.1 Å². The predicted octanol–water partition coefficient (Wildman–Crippen LogP) is 13.3. The smallest absolute Gasteiger partial charge is 0.252 e. The van der Waals surface area contributed by atoms with Crippen LogP contribution in [0.2, 0.25) is 0 Å². The van der Waals surface area contributed by atoms with Gasteiger partial charge >= 0.3 is 0 Å². The Balaban J connectivity index is 1.29. The summed E-state index contributed by atoms with van der Waals surface area (Å²) in [5.74, 6) is 0. The van der Waals surface area contributed by atoms with Crippen molar-refractivity contribution in [3.63, 3.8) is 0 Å². The van der Waals surface area contributed by atoms with Gasteiger partial charge in [-0.25, -0.2) is 0 Å². The zero-order valence-corrected chi connectivity index (χ0v) is 37.8. The second-order valence-electron chi connectivity index (χ2n) is 22.3. The van der Waals surface area contributed by atoms with Crippen LogP contribution < -0.4 is 26.2 Å². The third kappa shape index (κ3) is 5.66. The number of anilines is 6. The Morgan fingerprint density at radius 2 is 1.07 bits per heavy atom. The number of hydrogen-bond donors (Lipinski definition) is 0. The highest BCUT2D eigenvalue weighted by Crippen LogP contribution is 2.55. The summed E-state index contributed by atoms with van der Waals surface area (Å²) < 4.78 is 0. The maximum Gasteiger partial charge on any atom is 0.252 e. The number of benzene rings is 6. The highest BCUT2D eigenvalue weighted by atomic mass is 15.2. The molecule has 0 N–H and O–H groups in total. The van der Waals surface area contributed by atoms with Crippen LogP contribution in [0.25, 0.3) is 11.1 Å². The van der Waals surface area contributed by atoms with Gasteiger partial charge in [-0.3, -0.25) is 0 Å². The average molecular weight is 773 g/mol. The van der Waals surface area contributed by atoms with Crippen molar-refractivity contribution < 1.29 is 0 Å². The molecule has 0 saturated heterocycles. The molecule has 0 bridgehead atoms. The van der Waals surface area contributed by atoms with Crippen LogP contribution >= 0.6 is 0 Å². The van der Waals surface area contributed by atoms with Crippen LogP contribution in [0.15, 0.2) is 109 Å². The van der Waals surface area contributed by atoms with Gasteiger partial charge in [0.05, 0.1) is 0 Å². The number of fused-ring (bicyclic) bond motifs is 6. The van der Waals surface area contributed by atoms with E-state index in [4.69, 9.17) is 0 Å². The molecule has 10 rings (SSSR count). The summed E-state index contributed by atoms with van der Waals surface area (Å²) in [6, 6.07) is 43.0. The third-order valence-corrected chi connectivity index (χ3v) is 14.7. The van der Waals surface area contributed by atoms with Crippen LogP contribution in [0.5, 0.6) is 0 Å². The largest absolute Gasteiger partial charge is 0.311 e. The van der Waals surface area contributed by atoms with Gasteiger partial charge in [0.15, 0.2) is 0 Å². The molecule has 3 heteroatoms. The molecule has 2 heterocycles. The topological polar surface area (TPSA) is 6.48 Å². The molecular weight excluding hydrogens is 711 g/mol. The van der Waals surface area contributed by atoms with E-state index in [1.165, 1.54) is 101 Å². The lowest BCUT2D eigenvalue weighted by Crippen LogP contribution is -2.61. The monoisotopic (exact) mass is 772 g/mol. The molecule has 0 amide bonds. The summed E-state index contributed by atoms with van der Waals surface area (Å²) in [5.41, 5.74) is 24.7. The van der Waals surface area contributed by atoms with Crippen LogP contribution in [0, 0.1) is 13.8 Å². The van der Waals surface area contributed by atoms with Crippen molar-refractivity contribution in [1.29, 1.82) is 0 Å². The van der Waals surface area contributed by atoms with E-state index < -0.39 is 0 Å². The fourth-order valence-corrected chi connectivity index (χ4v) is 12.4. The predicted molar refractivity (Wildman–Crippen MR) is 255 cm³/mol. The van der Waals surface area contributed by atoms with E-state index in [-0.39, 0.29) is 33.8 Å². The van der Waals surface area contributed by atoms with Crippen LogP contribution in [0.1, 0.15) is 128 Å². The second-order valence-corrected chi connectivity index (χ2v) is 22.3. The Hall–Kier alpha value is -5.02. The maximum atomic E-state index is 2.67. The Bertz CT molecular complexity index is 2740. The normalized spacial score (nSPS) is 18.6. The molecule has 6 aromatic carbocycles. The van der Waals surface area contributed by atoms with Gasteiger partial charge in [0.25, 0.3) is 6.71 Å². The van der Waals surface area contributed by atoms with E-state index in [0.717, 1.165) is 12.8 Å². The van der Waals surface area contributed by atoms with Gasteiger partial charge in [-0.15, -0.1) is 0 Å². The molecule has 0 spiro atoms. The molecule has 0 radical (unpaired) electrons. The lowest BCUT2D eigenvalue weighted by molar-refractivity contribution is 0.403. The summed E-state index contributed by atoms with van der Waals surface area (Å²) in [7, 11) is 0. The molecule has 0 unspecified atom stereocenters. The molecule has 2 nitrogen and oxygen atoms in total. The quantitative estimate of drug-likeness (QED) is 0.165. The highest BCUT2D eigenvalue weighted by molar-refractivity contribution is 7.00. The van der Waals surface area contributed by atoms with E-state index in [2.05, 4.69) is 209 Å². The molecule has 0 atom stereocenters. The van der Waals surface area contributed by atoms with Gasteiger partial charge in [-0.05, 0) is 169 Å². The van der Waals surface area contributed by atoms with E-state index in [0.29, 0.717) is 0 Å². The van der Waals surface area contributed by atoms with E-state index in [1.807, 2.05) is 0 Å². The molecule has 0 saturated carbocycles. The highest BCUT2D eigenvalue weighted by Gasteiger charge is 2.49. The molecule has 4 aliphatic rings. The minimum atomic E-state index is -0.00142. The average Bonchev–Trinajstić information content (AvgIpc) is 3.47. The SMILES string of the molecule is Cc1cc2c3c(c1)N(c1ccc(-c4ccccc4)cc1C)c1cc(C(C)(C)C)ccc1B3c1cc3c(cc1N2c1ccc2c(c1)C(C)(C)CC2(C)C)C(C)(C)CC3(C)C. The molecule has 0 fully saturated rings. The molecule has 2 aliphatic carbocycles. The lowest BCUT2D eigenvalue weighted by atomic mass is 9.33. The number of aryl methyl sites for hydroxylation is 2. The van der Waals surface area contributed by atoms with Crippen LogP contribution in [-0.4, -0.2) is 6.71 Å². The first-order valence-corrected chi connectivity index (χ1v) is 22.1. The van der Waals surface area contributed by atoms with Gasteiger partial charge in [-0.2, -0.15) is 0 Å². The lowest BCUT2D eigenvalue weighted by Gasteiger charge is -2.45. The summed E-state index contributed by atoms with van der Waals surface area (Å²) in [6.45, 7) is 31.3. The molecule has 298 valence electrons. The van der Waals surface area contributed by atoms with Crippen molar-refractivity contribution in [3.05, 3.63) is 148 Å². The molecule has 0 aromatic heterocycles. The Kier molecular flexibility index (Phi) is 7.95. The number of rotatable bonds is 3. The minimum absolute atomic E-state index is 0.00142. The van der Waals surface area contributed by atoms with E-state index >= 15 is 0 Å². The van der Waals surface area contributed by atoms with E-state index in [1.54, 1.807) is 0 Å². The second kappa shape index (κ2) is 12.3. The first-order chi connectivity index (χ1) is 27.7. The van der Waals surface area contributed by atoms with Crippen LogP contribution in [0.3, 0.4) is 0 Å². The first kappa shape index (κ1) is 38.2.